The standard InChI is InChI=1S/C16H20N4O2.ClH/c1-9-14-12(15(21)18-8-11-3-2-6-17-11)7-13(10-4-5-10)19-16(14)22-20-9;/h7,10-11,17H,2-6,8H2,1H3,(H,18,21);1H. The Hall–Kier alpha value is -1.66. The first-order valence-electron chi connectivity index (χ1n) is 8.01. The van der Waals surface area contributed by atoms with Crippen LogP contribution in [0.2, 0.25) is 0 Å². The summed E-state index contributed by atoms with van der Waals surface area (Å²) in [7, 11) is 0. The normalized spacial score (nSPS) is 20.5. The predicted molar refractivity (Wildman–Crippen MR) is 89.1 cm³/mol. The van der Waals surface area contributed by atoms with E-state index < -0.39 is 0 Å². The van der Waals surface area contributed by atoms with Gasteiger partial charge in [-0.1, -0.05) is 5.16 Å². The zero-order valence-corrected chi connectivity index (χ0v) is 13.9. The second-order valence-corrected chi connectivity index (χ2v) is 6.32. The Labute approximate surface area is 140 Å². The van der Waals surface area contributed by atoms with Gasteiger partial charge in [0.05, 0.1) is 16.6 Å². The molecular weight excluding hydrogens is 316 g/mol. The van der Waals surface area contributed by atoms with Crippen LogP contribution in [0.5, 0.6) is 0 Å². The molecule has 6 nitrogen and oxygen atoms in total. The summed E-state index contributed by atoms with van der Waals surface area (Å²) >= 11 is 0. The number of amides is 1. The fourth-order valence-electron chi connectivity index (χ4n) is 3.12. The van der Waals surface area contributed by atoms with Gasteiger partial charge < -0.3 is 15.2 Å². The molecule has 2 aromatic heterocycles. The van der Waals surface area contributed by atoms with Crippen LogP contribution in [0.3, 0.4) is 0 Å². The van der Waals surface area contributed by atoms with Gasteiger partial charge in [-0.05, 0) is 45.2 Å². The van der Waals surface area contributed by atoms with E-state index in [2.05, 4.69) is 20.8 Å². The highest BCUT2D eigenvalue weighted by Crippen LogP contribution is 2.40. The van der Waals surface area contributed by atoms with E-state index in [1.54, 1.807) is 0 Å². The number of nitrogens with zero attached hydrogens (tertiary/aromatic N) is 2. The van der Waals surface area contributed by atoms with Gasteiger partial charge in [0.1, 0.15) is 0 Å². The van der Waals surface area contributed by atoms with Gasteiger partial charge in [0, 0.05) is 24.2 Å². The Kier molecular flexibility index (Phi) is 4.55. The third kappa shape index (κ3) is 3.19. The minimum Gasteiger partial charge on any atom is -0.350 e. The van der Waals surface area contributed by atoms with Crippen LogP contribution in [0.15, 0.2) is 10.6 Å². The first kappa shape index (κ1) is 16.2. The highest BCUT2D eigenvalue weighted by atomic mass is 35.5. The van der Waals surface area contributed by atoms with Crippen molar-refractivity contribution in [3.8, 4) is 0 Å². The summed E-state index contributed by atoms with van der Waals surface area (Å²) in [6, 6.07) is 2.30. The second-order valence-electron chi connectivity index (χ2n) is 6.32. The number of carbonyl (C=O) groups excluding carboxylic acids is 1. The van der Waals surface area contributed by atoms with E-state index in [1.807, 2.05) is 13.0 Å². The molecule has 23 heavy (non-hydrogen) atoms. The van der Waals surface area contributed by atoms with Gasteiger partial charge in [-0.25, -0.2) is 4.98 Å². The highest BCUT2D eigenvalue weighted by molar-refractivity contribution is 6.06. The molecule has 0 radical (unpaired) electrons. The Morgan fingerprint density at radius 1 is 1.43 bits per heavy atom. The molecule has 0 spiro atoms. The topological polar surface area (TPSA) is 80.0 Å². The lowest BCUT2D eigenvalue weighted by atomic mass is 10.1. The van der Waals surface area contributed by atoms with Crippen LogP contribution < -0.4 is 10.6 Å². The number of halogens is 1. The fraction of sp³-hybridized carbons (Fsp3) is 0.562. The molecule has 2 aliphatic rings. The van der Waals surface area contributed by atoms with Crippen molar-refractivity contribution in [1.29, 1.82) is 0 Å². The van der Waals surface area contributed by atoms with Crippen molar-refractivity contribution < 1.29 is 9.32 Å². The molecule has 1 saturated carbocycles. The maximum absolute atomic E-state index is 12.6. The molecule has 1 amide bonds. The molecule has 124 valence electrons. The highest BCUT2D eigenvalue weighted by Gasteiger charge is 2.28. The Morgan fingerprint density at radius 3 is 2.96 bits per heavy atom. The van der Waals surface area contributed by atoms with Gasteiger partial charge in [0.2, 0.25) is 0 Å². The zero-order chi connectivity index (χ0) is 15.1. The Morgan fingerprint density at radius 2 is 2.26 bits per heavy atom. The molecule has 2 N–H and O–H groups in total. The molecule has 2 fully saturated rings. The molecule has 0 aromatic carbocycles. The molecule has 1 atom stereocenters. The number of aryl methyl sites for hydroxylation is 1. The second kappa shape index (κ2) is 6.45. The monoisotopic (exact) mass is 336 g/mol. The third-order valence-corrected chi connectivity index (χ3v) is 4.55. The van der Waals surface area contributed by atoms with Gasteiger partial charge in [0.25, 0.3) is 11.6 Å². The minimum absolute atomic E-state index is 0. The minimum atomic E-state index is -0.0608. The number of pyridine rings is 1. The van der Waals surface area contributed by atoms with Crippen molar-refractivity contribution in [2.75, 3.05) is 13.1 Å². The van der Waals surface area contributed by atoms with Gasteiger partial charge in [-0.15, -0.1) is 12.4 Å². The molecule has 2 aromatic rings. The average Bonchev–Trinajstić information content (AvgIpc) is 3.13. The summed E-state index contributed by atoms with van der Waals surface area (Å²) in [5, 5.41) is 11.1. The number of aromatic nitrogens is 2. The van der Waals surface area contributed by atoms with Crippen LogP contribution in [-0.4, -0.2) is 35.2 Å². The van der Waals surface area contributed by atoms with Crippen LogP contribution in [0, 0.1) is 6.92 Å². The smallest absolute Gasteiger partial charge is 0.259 e. The molecule has 3 heterocycles. The maximum Gasteiger partial charge on any atom is 0.259 e. The number of fused-ring (bicyclic) bond motifs is 1. The van der Waals surface area contributed by atoms with Crippen molar-refractivity contribution in [3.63, 3.8) is 0 Å². The molecule has 4 rings (SSSR count). The lowest BCUT2D eigenvalue weighted by Crippen LogP contribution is -2.37. The number of hydrogen-bond donors (Lipinski definition) is 2. The van der Waals surface area contributed by atoms with E-state index in [1.165, 1.54) is 6.42 Å². The molecule has 1 saturated heterocycles. The largest absolute Gasteiger partial charge is 0.350 e. The summed E-state index contributed by atoms with van der Waals surface area (Å²) in [6.07, 6.45) is 4.57. The molecule has 7 heteroatoms. The van der Waals surface area contributed by atoms with Gasteiger partial charge in [-0.3, -0.25) is 4.79 Å². The van der Waals surface area contributed by atoms with Crippen LogP contribution in [0.4, 0.5) is 0 Å². The van der Waals surface area contributed by atoms with E-state index in [0.717, 1.165) is 36.9 Å². The van der Waals surface area contributed by atoms with Crippen molar-refractivity contribution >= 4 is 29.4 Å². The third-order valence-electron chi connectivity index (χ3n) is 4.55. The summed E-state index contributed by atoms with van der Waals surface area (Å²) in [5.74, 6) is 0.409. The van der Waals surface area contributed by atoms with Crippen molar-refractivity contribution in [2.24, 2.45) is 0 Å². The first-order chi connectivity index (χ1) is 10.7. The van der Waals surface area contributed by atoms with Gasteiger partial charge in [-0.2, -0.15) is 0 Å². The number of rotatable bonds is 4. The summed E-state index contributed by atoms with van der Waals surface area (Å²) in [4.78, 5) is 17.1. The summed E-state index contributed by atoms with van der Waals surface area (Å²) in [6.45, 7) is 3.54. The first-order valence-corrected chi connectivity index (χ1v) is 8.01. The van der Waals surface area contributed by atoms with Gasteiger partial charge in [0.15, 0.2) is 0 Å². The van der Waals surface area contributed by atoms with Crippen LogP contribution in [0.1, 0.15) is 53.3 Å². The average molecular weight is 337 g/mol. The molecule has 0 bridgehead atoms. The van der Waals surface area contributed by atoms with Crippen LogP contribution in [0.25, 0.3) is 11.1 Å². The number of hydrogen-bond acceptors (Lipinski definition) is 5. The van der Waals surface area contributed by atoms with Crippen LogP contribution in [-0.2, 0) is 0 Å². The summed E-state index contributed by atoms with van der Waals surface area (Å²) in [5.41, 5.74) is 2.79. The van der Waals surface area contributed by atoms with Crippen LogP contribution >= 0.6 is 12.4 Å². The van der Waals surface area contributed by atoms with E-state index >= 15 is 0 Å². The molecule has 1 aliphatic carbocycles. The van der Waals surface area contributed by atoms with E-state index in [0.29, 0.717) is 35.5 Å². The van der Waals surface area contributed by atoms with E-state index in [-0.39, 0.29) is 18.3 Å². The quantitative estimate of drug-likeness (QED) is 0.895. The van der Waals surface area contributed by atoms with Gasteiger partial charge >= 0.3 is 0 Å². The maximum atomic E-state index is 12.6. The molecule has 1 aliphatic heterocycles. The zero-order valence-electron chi connectivity index (χ0n) is 13.1. The van der Waals surface area contributed by atoms with E-state index in [9.17, 15) is 4.79 Å². The fourth-order valence-corrected chi connectivity index (χ4v) is 3.12. The Balaban J connectivity index is 0.00000156. The number of carbonyl (C=O) groups is 1. The van der Waals surface area contributed by atoms with Crippen molar-refractivity contribution in [3.05, 3.63) is 23.0 Å². The number of nitrogens with one attached hydrogen (secondary N) is 2. The lowest BCUT2D eigenvalue weighted by molar-refractivity contribution is 0.0951. The summed E-state index contributed by atoms with van der Waals surface area (Å²) < 4.78 is 5.28. The predicted octanol–water partition coefficient (Wildman–Crippen LogP) is 2.31. The lowest BCUT2D eigenvalue weighted by Gasteiger charge is -2.12. The van der Waals surface area contributed by atoms with Crippen molar-refractivity contribution in [1.82, 2.24) is 20.8 Å². The Bertz CT molecular complexity index is 720. The molecule has 1 unspecified atom stereocenters. The SMILES string of the molecule is Cc1noc2nc(C3CC3)cc(C(=O)NCC3CCCN3)c12.Cl. The van der Waals surface area contributed by atoms with E-state index in [4.69, 9.17) is 4.52 Å². The molecular formula is C16H21ClN4O2. The van der Waals surface area contributed by atoms with Crippen molar-refractivity contribution in [2.45, 2.75) is 44.6 Å².